The zero-order chi connectivity index (χ0) is 15.2. The van der Waals surface area contributed by atoms with Crippen LogP contribution in [0, 0.1) is 0 Å². The summed E-state index contributed by atoms with van der Waals surface area (Å²) in [4.78, 5) is 11.6. The zero-order valence-electron chi connectivity index (χ0n) is 11.7. The van der Waals surface area contributed by atoms with E-state index in [-0.39, 0.29) is 17.0 Å². The molecule has 1 atom stereocenters. The lowest BCUT2D eigenvalue weighted by molar-refractivity contribution is 0.238. The molecule has 7 heteroatoms. The molecule has 0 bridgehead atoms. The number of carbonyl (C=O) groups excluding carboxylic acids is 1. The molecule has 0 aliphatic heterocycles. The van der Waals surface area contributed by atoms with E-state index >= 15 is 0 Å². The Bertz CT molecular complexity index is 540. The number of unbranched alkanes of at least 4 members (excludes halogenated alkanes) is 1. The van der Waals surface area contributed by atoms with Crippen LogP contribution in [0.4, 0.5) is 4.79 Å². The highest BCUT2D eigenvalue weighted by Crippen LogP contribution is 2.15. The molecule has 0 heterocycles. The van der Waals surface area contributed by atoms with E-state index in [9.17, 15) is 13.2 Å². The van der Waals surface area contributed by atoms with Gasteiger partial charge in [-0.3, -0.25) is 0 Å². The van der Waals surface area contributed by atoms with Gasteiger partial charge in [-0.2, -0.15) is 0 Å². The number of hydrogen-bond acceptors (Lipinski definition) is 3. The average Bonchev–Trinajstić information content (AvgIpc) is 2.38. The van der Waals surface area contributed by atoms with E-state index in [1.54, 1.807) is 12.1 Å². The lowest BCUT2D eigenvalue weighted by Crippen LogP contribution is -2.37. The molecule has 0 aromatic heterocycles. The minimum absolute atomic E-state index is 0.0563. The predicted octanol–water partition coefficient (Wildman–Crippen LogP) is 1.49. The van der Waals surface area contributed by atoms with Crippen LogP contribution in [0.1, 0.15) is 38.3 Å². The van der Waals surface area contributed by atoms with Crippen LogP contribution in [-0.4, -0.2) is 21.0 Å². The summed E-state index contributed by atoms with van der Waals surface area (Å²) in [6.07, 6.45) is 1.95. The molecule has 0 fully saturated rings. The fourth-order valence-corrected chi connectivity index (χ4v) is 2.17. The van der Waals surface area contributed by atoms with Crippen LogP contribution in [0.3, 0.4) is 0 Å². The Morgan fingerprint density at radius 3 is 2.40 bits per heavy atom. The monoisotopic (exact) mass is 299 g/mol. The zero-order valence-corrected chi connectivity index (χ0v) is 12.5. The molecule has 6 nitrogen and oxygen atoms in total. The molecule has 20 heavy (non-hydrogen) atoms. The van der Waals surface area contributed by atoms with Crippen molar-refractivity contribution in [1.29, 1.82) is 0 Å². The number of urea groups is 1. The summed E-state index contributed by atoms with van der Waals surface area (Å²) in [5.74, 6) is 0. The van der Waals surface area contributed by atoms with Crippen molar-refractivity contribution in [3.05, 3.63) is 29.8 Å². The van der Waals surface area contributed by atoms with Gasteiger partial charge in [0.15, 0.2) is 0 Å². The summed E-state index contributed by atoms with van der Waals surface area (Å²) in [5, 5.41) is 10.6. The second-order valence-corrected chi connectivity index (χ2v) is 6.15. The highest BCUT2D eigenvalue weighted by molar-refractivity contribution is 7.89. The number of primary sulfonamides is 1. The maximum absolute atomic E-state index is 11.6. The van der Waals surface area contributed by atoms with Gasteiger partial charge in [-0.1, -0.05) is 25.5 Å². The third-order valence-electron chi connectivity index (χ3n) is 2.87. The van der Waals surface area contributed by atoms with Gasteiger partial charge in [0.25, 0.3) is 0 Å². The van der Waals surface area contributed by atoms with Crippen molar-refractivity contribution < 1.29 is 13.2 Å². The van der Waals surface area contributed by atoms with E-state index in [1.165, 1.54) is 12.1 Å². The van der Waals surface area contributed by atoms with Gasteiger partial charge in [-0.15, -0.1) is 0 Å². The van der Waals surface area contributed by atoms with Gasteiger partial charge in [-0.25, -0.2) is 18.4 Å². The first kappa shape index (κ1) is 16.5. The molecule has 4 N–H and O–H groups in total. The molecule has 1 unspecified atom stereocenters. The van der Waals surface area contributed by atoms with Crippen LogP contribution in [0.25, 0.3) is 0 Å². The number of carbonyl (C=O) groups is 1. The largest absolute Gasteiger partial charge is 0.338 e. The van der Waals surface area contributed by atoms with Crippen molar-refractivity contribution in [2.45, 2.75) is 37.6 Å². The topological polar surface area (TPSA) is 101 Å². The number of amides is 2. The van der Waals surface area contributed by atoms with E-state index < -0.39 is 10.0 Å². The Labute approximate surface area is 119 Å². The summed E-state index contributed by atoms with van der Waals surface area (Å²) in [7, 11) is -3.68. The standard InChI is InChI=1S/C13H21N3O3S/c1-3-4-9-15-13(17)16-10(2)11-5-7-12(8-6-11)20(14,18)19/h5-8,10H,3-4,9H2,1-2H3,(H2,14,18,19)(H2,15,16,17). The number of nitrogens with two attached hydrogens (primary N) is 1. The molecule has 0 aliphatic rings. The Kier molecular flexibility index (Phi) is 5.97. The first-order valence-electron chi connectivity index (χ1n) is 6.51. The maximum atomic E-state index is 11.6. The first-order chi connectivity index (χ1) is 9.34. The number of nitrogens with one attached hydrogen (secondary N) is 2. The van der Waals surface area contributed by atoms with Crippen LogP contribution < -0.4 is 15.8 Å². The Morgan fingerprint density at radius 1 is 1.30 bits per heavy atom. The second kappa shape index (κ2) is 7.25. The van der Waals surface area contributed by atoms with E-state index in [0.29, 0.717) is 6.54 Å². The second-order valence-electron chi connectivity index (χ2n) is 4.59. The Hall–Kier alpha value is -1.60. The minimum atomic E-state index is -3.68. The van der Waals surface area contributed by atoms with Crippen LogP contribution >= 0.6 is 0 Å². The molecule has 0 radical (unpaired) electrons. The maximum Gasteiger partial charge on any atom is 0.315 e. The number of benzene rings is 1. The average molecular weight is 299 g/mol. The fourth-order valence-electron chi connectivity index (χ4n) is 1.66. The van der Waals surface area contributed by atoms with Crippen LogP contribution in [0.2, 0.25) is 0 Å². The van der Waals surface area contributed by atoms with Crippen molar-refractivity contribution in [3.8, 4) is 0 Å². The molecular formula is C13H21N3O3S. The van der Waals surface area contributed by atoms with Gasteiger partial charge >= 0.3 is 6.03 Å². The van der Waals surface area contributed by atoms with Crippen molar-refractivity contribution >= 4 is 16.1 Å². The lowest BCUT2D eigenvalue weighted by atomic mass is 10.1. The van der Waals surface area contributed by atoms with Gasteiger partial charge < -0.3 is 10.6 Å². The molecule has 0 spiro atoms. The Balaban J connectivity index is 2.60. The van der Waals surface area contributed by atoms with E-state index in [1.807, 2.05) is 6.92 Å². The predicted molar refractivity (Wildman–Crippen MR) is 77.7 cm³/mol. The molecule has 0 aliphatic carbocycles. The highest BCUT2D eigenvalue weighted by atomic mass is 32.2. The highest BCUT2D eigenvalue weighted by Gasteiger charge is 2.11. The summed E-state index contributed by atoms with van der Waals surface area (Å²) < 4.78 is 22.3. The third-order valence-corrected chi connectivity index (χ3v) is 3.80. The van der Waals surface area contributed by atoms with Crippen LogP contribution in [0.5, 0.6) is 0 Å². The van der Waals surface area contributed by atoms with Gasteiger partial charge in [0.05, 0.1) is 10.9 Å². The van der Waals surface area contributed by atoms with Crippen LogP contribution in [0.15, 0.2) is 29.2 Å². The Morgan fingerprint density at radius 2 is 1.90 bits per heavy atom. The van der Waals surface area contributed by atoms with Crippen molar-refractivity contribution in [3.63, 3.8) is 0 Å². The van der Waals surface area contributed by atoms with E-state index in [0.717, 1.165) is 18.4 Å². The third kappa shape index (κ3) is 5.18. The van der Waals surface area contributed by atoms with Gasteiger partial charge in [0, 0.05) is 6.54 Å². The molecule has 1 aromatic carbocycles. The minimum Gasteiger partial charge on any atom is -0.338 e. The molecule has 0 saturated carbocycles. The normalized spacial score (nSPS) is 12.8. The molecule has 2 amide bonds. The van der Waals surface area contributed by atoms with Gasteiger partial charge in [0.1, 0.15) is 0 Å². The SMILES string of the molecule is CCCCNC(=O)NC(C)c1ccc(S(N)(=O)=O)cc1. The quantitative estimate of drug-likeness (QED) is 0.694. The van der Waals surface area contributed by atoms with E-state index in [4.69, 9.17) is 5.14 Å². The summed E-state index contributed by atoms with van der Waals surface area (Å²) in [6, 6.07) is 5.68. The number of sulfonamides is 1. The molecule has 1 aromatic rings. The first-order valence-corrected chi connectivity index (χ1v) is 8.06. The van der Waals surface area contributed by atoms with Crippen molar-refractivity contribution in [2.75, 3.05) is 6.54 Å². The smallest absolute Gasteiger partial charge is 0.315 e. The van der Waals surface area contributed by atoms with Gasteiger partial charge in [-0.05, 0) is 31.0 Å². The number of hydrogen-bond donors (Lipinski definition) is 3. The van der Waals surface area contributed by atoms with Crippen molar-refractivity contribution in [2.24, 2.45) is 5.14 Å². The summed E-state index contributed by atoms with van der Waals surface area (Å²) in [6.45, 7) is 4.51. The fraction of sp³-hybridized carbons (Fsp3) is 0.462. The lowest BCUT2D eigenvalue weighted by Gasteiger charge is -2.15. The summed E-state index contributed by atoms with van der Waals surface area (Å²) in [5.41, 5.74) is 0.808. The van der Waals surface area contributed by atoms with Gasteiger partial charge in [0.2, 0.25) is 10.0 Å². The number of rotatable bonds is 6. The van der Waals surface area contributed by atoms with E-state index in [2.05, 4.69) is 17.6 Å². The molecule has 0 saturated heterocycles. The molecule has 112 valence electrons. The summed E-state index contributed by atoms with van der Waals surface area (Å²) >= 11 is 0. The molecule has 1 rings (SSSR count). The van der Waals surface area contributed by atoms with Crippen molar-refractivity contribution in [1.82, 2.24) is 10.6 Å². The van der Waals surface area contributed by atoms with Crippen LogP contribution in [-0.2, 0) is 10.0 Å². The molecular weight excluding hydrogens is 278 g/mol.